The van der Waals surface area contributed by atoms with Gasteiger partial charge in [0.2, 0.25) is 0 Å². The normalized spacial score (nSPS) is 22.8. The fourth-order valence-corrected chi connectivity index (χ4v) is 2.14. The van der Waals surface area contributed by atoms with Gasteiger partial charge in [-0.25, -0.2) is 0 Å². The molecule has 0 saturated carbocycles. The lowest BCUT2D eigenvalue weighted by Gasteiger charge is -2.16. The molecule has 1 aliphatic heterocycles. The Bertz CT molecular complexity index is 448. The first-order valence-corrected chi connectivity index (χ1v) is 6.11. The molecule has 1 aliphatic rings. The van der Waals surface area contributed by atoms with Gasteiger partial charge in [-0.1, -0.05) is 0 Å². The van der Waals surface area contributed by atoms with E-state index >= 15 is 0 Å². The summed E-state index contributed by atoms with van der Waals surface area (Å²) in [5, 5.41) is 2.99. The summed E-state index contributed by atoms with van der Waals surface area (Å²) in [6.07, 6.45) is 0.953. The number of carbonyl (C=O) groups excluding carboxylic acids is 1. The molecular formula is C13H19N3O2. The summed E-state index contributed by atoms with van der Waals surface area (Å²) in [6.45, 7) is 4.60. The van der Waals surface area contributed by atoms with Crippen molar-refractivity contribution >= 4 is 11.6 Å². The minimum absolute atomic E-state index is 0.0657. The van der Waals surface area contributed by atoms with Gasteiger partial charge in [-0.15, -0.1) is 0 Å². The molecule has 2 unspecified atom stereocenters. The van der Waals surface area contributed by atoms with Crippen LogP contribution in [0, 0.1) is 6.92 Å². The average Bonchev–Trinajstić information content (AvgIpc) is 2.75. The second kappa shape index (κ2) is 5.37. The summed E-state index contributed by atoms with van der Waals surface area (Å²) in [5.74, 6) is 5.29. The van der Waals surface area contributed by atoms with Crippen molar-refractivity contribution in [3.8, 4) is 0 Å². The zero-order chi connectivity index (χ0) is 13.1. The monoisotopic (exact) mass is 249 g/mol. The van der Waals surface area contributed by atoms with Crippen molar-refractivity contribution in [2.75, 3.05) is 12.0 Å². The Morgan fingerprint density at radius 1 is 1.50 bits per heavy atom. The number of ether oxygens (including phenoxy) is 1. The van der Waals surface area contributed by atoms with Gasteiger partial charge in [0.1, 0.15) is 0 Å². The lowest BCUT2D eigenvalue weighted by atomic mass is 10.1. The van der Waals surface area contributed by atoms with E-state index in [1.165, 1.54) is 0 Å². The summed E-state index contributed by atoms with van der Waals surface area (Å²) in [7, 11) is 0. The van der Waals surface area contributed by atoms with Crippen LogP contribution in [0.3, 0.4) is 0 Å². The van der Waals surface area contributed by atoms with E-state index in [1.54, 1.807) is 12.1 Å². The number of rotatable bonds is 3. The summed E-state index contributed by atoms with van der Waals surface area (Å²) in [6, 6.07) is 5.49. The van der Waals surface area contributed by atoms with Crippen LogP contribution in [-0.2, 0) is 4.74 Å². The lowest BCUT2D eigenvalue weighted by molar-refractivity contribution is 0.0866. The largest absolute Gasteiger partial charge is 0.376 e. The molecule has 0 spiro atoms. The SMILES string of the molecule is Cc1cc(C(=O)NC2CCOC2C)ccc1NN. The number of hydrogen-bond acceptors (Lipinski definition) is 4. The molecule has 0 bridgehead atoms. The van der Waals surface area contributed by atoms with E-state index < -0.39 is 0 Å². The van der Waals surface area contributed by atoms with Crippen LogP contribution in [0.2, 0.25) is 0 Å². The van der Waals surface area contributed by atoms with Gasteiger partial charge in [0, 0.05) is 12.2 Å². The Labute approximate surface area is 107 Å². The van der Waals surface area contributed by atoms with Gasteiger partial charge in [0.15, 0.2) is 0 Å². The Balaban J connectivity index is 2.07. The van der Waals surface area contributed by atoms with E-state index in [1.807, 2.05) is 19.9 Å². The van der Waals surface area contributed by atoms with Crippen LogP contribution in [0.5, 0.6) is 0 Å². The van der Waals surface area contributed by atoms with Crippen molar-refractivity contribution in [1.82, 2.24) is 5.32 Å². The van der Waals surface area contributed by atoms with Crippen LogP contribution in [0.4, 0.5) is 5.69 Å². The third kappa shape index (κ3) is 2.63. The van der Waals surface area contributed by atoms with E-state index in [-0.39, 0.29) is 18.1 Å². The quantitative estimate of drug-likeness (QED) is 0.555. The fraction of sp³-hybridized carbons (Fsp3) is 0.462. The molecule has 1 saturated heterocycles. The summed E-state index contributed by atoms with van der Waals surface area (Å²) < 4.78 is 5.42. The van der Waals surface area contributed by atoms with Crippen molar-refractivity contribution in [1.29, 1.82) is 0 Å². The van der Waals surface area contributed by atoms with Gasteiger partial charge >= 0.3 is 0 Å². The van der Waals surface area contributed by atoms with Crippen LogP contribution in [0.1, 0.15) is 29.3 Å². The second-order valence-corrected chi connectivity index (χ2v) is 4.62. The zero-order valence-electron chi connectivity index (χ0n) is 10.7. The third-order valence-electron chi connectivity index (χ3n) is 3.34. The molecule has 1 heterocycles. The molecule has 0 aromatic heterocycles. The molecule has 1 fully saturated rings. The van der Waals surface area contributed by atoms with Gasteiger partial charge in [-0.2, -0.15) is 0 Å². The maximum Gasteiger partial charge on any atom is 0.251 e. The first-order chi connectivity index (χ1) is 8.61. The van der Waals surface area contributed by atoms with Gasteiger partial charge in [-0.05, 0) is 44.0 Å². The molecule has 98 valence electrons. The van der Waals surface area contributed by atoms with Crippen molar-refractivity contribution in [2.45, 2.75) is 32.4 Å². The molecule has 0 aliphatic carbocycles. The minimum Gasteiger partial charge on any atom is -0.376 e. The highest BCUT2D eigenvalue weighted by Gasteiger charge is 2.25. The number of carbonyl (C=O) groups is 1. The van der Waals surface area contributed by atoms with Crippen LogP contribution in [0.25, 0.3) is 0 Å². The van der Waals surface area contributed by atoms with Crippen LogP contribution in [-0.4, -0.2) is 24.7 Å². The highest BCUT2D eigenvalue weighted by molar-refractivity contribution is 5.95. The van der Waals surface area contributed by atoms with Gasteiger partial charge in [-0.3, -0.25) is 10.6 Å². The summed E-state index contributed by atoms with van der Waals surface area (Å²) in [5.41, 5.74) is 5.00. The molecule has 0 radical (unpaired) electrons. The van der Waals surface area contributed by atoms with E-state index in [9.17, 15) is 4.79 Å². The van der Waals surface area contributed by atoms with Crippen molar-refractivity contribution < 1.29 is 9.53 Å². The molecule has 4 N–H and O–H groups in total. The predicted molar refractivity (Wildman–Crippen MR) is 70.3 cm³/mol. The van der Waals surface area contributed by atoms with Crippen molar-refractivity contribution in [3.63, 3.8) is 0 Å². The number of nitrogens with one attached hydrogen (secondary N) is 2. The smallest absolute Gasteiger partial charge is 0.251 e. The van der Waals surface area contributed by atoms with Gasteiger partial charge in [0.05, 0.1) is 17.8 Å². The third-order valence-corrected chi connectivity index (χ3v) is 3.34. The molecule has 1 aromatic rings. The van der Waals surface area contributed by atoms with Gasteiger partial charge in [0.25, 0.3) is 5.91 Å². The molecular weight excluding hydrogens is 230 g/mol. The Morgan fingerprint density at radius 3 is 2.83 bits per heavy atom. The van der Waals surface area contributed by atoms with E-state index in [4.69, 9.17) is 10.6 Å². The number of nitrogen functional groups attached to an aromatic ring is 1. The molecule has 1 amide bonds. The minimum atomic E-state index is -0.0657. The van der Waals surface area contributed by atoms with Crippen molar-refractivity contribution in [3.05, 3.63) is 29.3 Å². The number of amides is 1. The van der Waals surface area contributed by atoms with E-state index in [0.717, 1.165) is 17.7 Å². The Morgan fingerprint density at radius 2 is 2.28 bits per heavy atom. The van der Waals surface area contributed by atoms with E-state index in [0.29, 0.717) is 12.2 Å². The maximum absolute atomic E-state index is 12.1. The fourth-order valence-electron chi connectivity index (χ4n) is 2.14. The number of anilines is 1. The molecule has 2 atom stereocenters. The standard InChI is InChI=1S/C13H19N3O2/c1-8-7-10(3-4-11(8)16-14)13(17)15-12-5-6-18-9(12)2/h3-4,7,9,12,16H,5-6,14H2,1-2H3,(H,15,17). The maximum atomic E-state index is 12.1. The first kappa shape index (κ1) is 12.9. The molecule has 5 nitrogen and oxygen atoms in total. The summed E-state index contributed by atoms with van der Waals surface area (Å²) >= 11 is 0. The number of benzene rings is 1. The Hall–Kier alpha value is -1.59. The number of aryl methyl sites for hydroxylation is 1. The molecule has 2 rings (SSSR count). The lowest BCUT2D eigenvalue weighted by Crippen LogP contribution is -2.39. The second-order valence-electron chi connectivity index (χ2n) is 4.62. The first-order valence-electron chi connectivity index (χ1n) is 6.11. The number of nitrogens with two attached hydrogens (primary N) is 1. The number of hydrogen-bond donors (Lipinski definition) is 3. The summed E-state index contributed by atoms with van der Waals surface area (Å²) in [4.78, 5) is 12.1. The van der Waals surface area contributed by atoms with Crippen LogP contribution in [0.15, 0.2) is 18.2 Å². The van der Waals surface area contributed by atoms with E-state index in [2.05, 4.69) is 10.7 Å². The Kier molecular flexibility index (Phi) is 3.84. The predicted octanol–water partition coefficient (Wildman–Crippen LogP) is 1.19. The zero-order valence-corrected chi connectivity index (χ0v) is 10.7. The molecule has 18 heavy (non-hydrogen) atoms. The molecule has 1 aromatic carbocycles. The average molecular weight is 249 g/mol. The molecule has 5 heteroatoms. The van der Waals surface area contributed by atoms with Crippen LogP contribution >= 0.6 is 0 Å². The number of hydrazine groups is 1. The topological polar surface area (TPSA) is 76.4 Å². The highest BCUT2D eigenvalue weighted by Crippen LogP contribution is 2.17. The van der Waals surface area contributed by atoms with Gasteiger partial charge < -0.3 is 15.5 Å². The van der Waals surface area contributed by atoms with Crippen molar-refractivity contribution in [2.24, 2.45) is 5.84 Å². The highest BCUT2D eigenvalue weighted by atomic mass is 16.5. The van der Waals surface area contributed by atoms with Crippen LogP contribution < -0.4 is 16.6 Å².